The van der Waals surface area contributed by atoms with Gasteiger partial charge in [0.05, 0.1) is 4.47 Å². The lowest BCUT2D eigenvalue weighted by Crippen LogP contribution is -2.40. The molecule has 1 aromatic heterocycles. The van der Waals surface area contributed by atoms with Gasteiger partial charge in [-0.3, -0.25) is 14.6 Å². The number of hydrogen-bond acceptors (Lipinski definition) is 4. The number of halogens is 2. The highest BCUT2D eigenvalue weighted by Gasteiger charge is 2.17. The summed E-state index contributed by atoms with van der Waals surface area (Å²) in [5.74, 6) is -0.395. The van der Waals surface area contributed by atoms with E-state index in [1.807, 2.05) is 20.8 Å². The van der Waals surface area contributed by atoms with Gasteiger partial charge >= 0.3 is 0 Å². The summed E-state index contributed by atoms with van der Waals surface area (Å²) >= 11 is 9.17. The SMILES string of the molecule is CC(C)(C)NC(=O)c1cc(CC(=O)Cc2cc(Cl)cc(Br)c2O)ccn1. The van der Waals surface area contributed by atoms with Crippen LogP contribution in [0.3, 0.4) is 0 Å². The molecule has 7 heteroatoms. The third-order valence-electron chi connectivity index (χ3n) is 3.44. The van der Waals surface area contributed by atoms with Crippen LogP contribution in [0.15, 0.2) is 34.9 Å². The maximum atomic E-state index is 12.4. The quantitative estimate of drug-likeness (QED) is 0.735. The number of nitrogens with zero attached hydrogens (tertiary/aromatic N) is 1. The Balaban J connectivity index is 2.10. The number of Topliss-reactive ketones (excluding diaryl/α,β-unsaturated/α-hetero) is 1. The lowest BCUT2D eigenvalue weighted by Gasteiger charge is -2.20. The Hall–Kier alpha value is -1.92. The number of pyridine rings is 1. The van der Waals surface area contributed by atoms with Crippen LogP contribution in [0.2, 0.25) is 5.02 Å². The van der Waals surface area contributed by atoms with E-state index in [9.17, 15) is 14.7 Å². The van der Waals surface area contributed by atoms with Crippen LogP contribution in [0.4, 0.5) is 0 Å². The number of ketones is 1. The minimum Gasteiger partial charge on any atom is -0.506 e. The number of hydrogen-bond donors (Lipinski definition) is 2. The molecule has 0 unspecified atom stereocenters. The normalized spacial score (nSPS) is 11.3. The standard InChI is InChI=1S/C19H20BrClN2O3/c1-19(2,3)23-18(26)16-7-11(4-5-22-16)6-14(24)9-12-8-13(21)10-15(20)17(12)25/h4-5,7-8,10,25H,6,9H2,1-3H3,(H,23,26). The second-order valence-corrected chi connectivity index (χ2v) is 8.33. The number of rotatable bonds is 5. The highest BCUT2D eigenvalue weighted by atomic mass is 79.9. The average molecular weight is 440 g/mol. The van der Waals surface area contributed by atoms with Crippen LogP contribution < -0.4 is 5.32 Å². The minimum atomic E-state index is -0.373. The van der Waals surface area contributed by atoms with Crippen molar-refractivity contribution in [2.24, 2.45) is 0 Å². The second kappa shape index (κ2) is 8.18. The van der Waals surface area contributed by atoms with Crippen LogP contribution in [-0.2, 0) is 17.6 Å². The zero-order valence-corrected chi connectivity index (χ0v) is 17.1. The fourth-order valence-electron chi connectivity index (χ4n) is 2.37. The molecule has 0 saturated heterocycles. The van der Waals surface area contributed by atoms with E-state index in [2.05, 4.69) is 26.2 Å². The van der Waals surface area contributed by atoms with E-state index in [0.29, 0.717) is 20.6 Å². The van der Waals surface area contributed by atoms with E-state index in [1.165, 1.54) is 6.20 Å². The molecule has 2 rings (SSSR count). The molecule has 0 aliphatic rings. The number of aromatic hydroxyl groups is 1. The van der Waals surface area contributed by atoms with Gasteiger partial charge in [-0.1, -0.05) is 11.6 Å². The molecule has 0 saturated carbocycles. The number of nitrogens with one attached hydrogen (secondary N) is 1. The summed E-state index contributed by atoms with van der Waals surface area (Å²) in [6, 6.07) is 6.42. The average Bonchev–Trinajstić information content (AvgIpc) is 2.50. The van der Waals surface area contributed by atoms with Crippen LogP contribution in [0.1, 0.15) is 42.4 Å². The van der Waals surface area contributed by atoms with Gasteiger partial charge in [-0.2, -0.15) is 0 Å². The largest absolute Gasteiger partial charge is 0.506 e. The van der Waals surface area contributed by atoms with Crippen molar-refractivity contribution in [1.29, 1.82) is 0 Å². The topological polar surface area (TPSA) is 79.3 Å². The Morgan fingerprint density at radius 1 is 1.23 bits per heavy atom. The molecule has 0 radical (unpaired) electrons. The Labute approximate surface area is 165 Å². The first-order chi connectivity index (χ1) is 12.0. The van der Waals surface area contributed by atoms with Crippen molar-refractivity contribution >= 4 is 39.2 Å². The van der Waals surface area contributed by atoms with Gasteiger partial charge < -0.3 is 10.4 Å². The zero-order chi connectivity index (χ0) is 19.5. The predicted molar refractivity (Wildman–Crippen MR) is 105 cm³/mol. The van der Waals surface area contributed by atoms with Gasteiger partial charge in [0.15, 0.2) is 0 Å². The summed E-state index contributed by atoms with van der Waals surface area (Å²) in [6.45, 7) is 5.65. The summed E-state index contributed by atoms with van der Waals surface area (Å²) < 4.78 is 0.442. The highest BCUT2D eigenvalue weighted by Crippen LogP contribution is 2.32. The number of carbonyl (C=O) groups is 2. The van der Waals surface area contributed by atoms with Gasteiger partial charge in [-0.25, -0.2) is 0 Å². The van der Waals surface area contributed by atoms with Gasteiger partial charge in [-0.15, -0.1) is 0 Å². The molecule has 26 heavy (non-hydrogen) atoms. The Bertz CT molecular complexity index is 847. The summed E-state index contributed by atoms with van der Waals surface area (Å²) in [5, 5.41) is 13.3. The summed E-state index contributed by atoms with van der Waals surface area (Å²) in [6.07, 6.45) is 1.67. The van der Waals surface area contributed by atoms with Crippen LogP contribution in [0, 0.1) is 0 Å². The first kappa shape index (κ1) is 20.4. The Morgan fingerprint density at radius 2 is 1.92 bits per heavy atom. The molecule has 1 aromatic carbocycles. The molecular formula is C19H20BrClN2O3. The van der Waals surface area contributed by atoms with Gasteiger partial charge in [-0.05, 0) is 66.5 Å². The van der Waals surface area contributed by atoms with E-state index < -0.39 is 0 Å². The predicted octanol–water partition coefficient (Wildman–Crippen LogP) is 4.09. The van der Waals surface area contributed by atoms with Crippen LogP contribution in [0.25, 0.3) is 0 Å². The first-order valence-corrected chi connectivity index (χ1v) is 9.18. The fourth-order valence-corrected chi connectivity index (χ4v) is 3.24. The minimum absolute atomic E-state index is 0.00252. The van der Waals surface area contributed by atoms with E-state index >= 15 is 0 Å². The maximum absolute atomic E-state index is 12.4. The van der Waals surface area contributed by atoms with Gasteiger partial charge in [0.1, 0.15) is 17.2 Å². The smallest absolute Gasteiger partial charge is 0.270 e. The zero-order valence-electron chi connectivity index (χ0n) is 14.8. The van der Waals surface area contributed by atoms with Crippen molar-refractivity contribution in [3.63, 3.8) is 0 Å². The van der Waals surface area contributed by atoms with Crippen LogP contribution in [0.5, 0.6) is 5.75 Å². The van der Waals surface area contributed by atoms with Crippen molar-refractivity contribution in [2.45, 2.75) is 39.2 Å². The van der Waals surface area contributed by atoms with E-state index in [-0.39, 0.29) is 41.5 Å². The molecule has 0 spiro atoms. The number of phenolic OH excluding ortho intramolecular Hbond substituents is 1. The van der Waals surface area contributed by atoms with Crippen LogP contribution >= 0.6 is 27.5 Å². The molecule has 1 amide bonds. The van der Waals surface area contributed by atoms with Crippen molar-refractivity contribution in [1.82, 2.24) is 10.3 Å². The van der Waals surface area contributed by atoms with E-state index in [1.54, 1.807) is 24.3 Å². The third kappa shape index (κ3) is 5.81. The van der Waals surface area contributed by atoms with E-state index in [0.717, 1.165) is 0 Å². The molecule has 0 atom stereocenters. The lowest BCUT2D eigenvalue weighted by molar-refractivity contribution is -0.117. The Morgan fingerprint density at radius 3 is 2.58 bits per heavy atom. The summed E-state index contributed by atoms with van der Waals surface area (Å²) in [7, 11) is 0. The molecule has 2 N–H and O–H groups in total. The molecule has 0 aliphatic heterocycles. The first-order valence-electron chi connectivity index (χ1n) is 8.01. The summed E-state index contributed by atoms with van der Waals surface area (Å²) in [5.41, 5.74) is 1.03. The molecule has 0 fully saturated rings. The lowest BCUT2D eigenvalue weighted by atomic mass is 10.0. The van der Waals surface area contributed by atoms with Crippen molar-refractivity contribution in [3.8, 4) is 5.75 Å². The fraction of sp³-hybridized carbons (Fsp3) is 0.316. The molecule has 2 aromatic rings. The van der Waals surface area contributed by atoms with Crippen molar-refractivity contribution in [3.05, 3.63) is 56.8 Å². The number of phenols is 1. The monoisotopic (exact) mass is 438 g/mol. The highest BCUT2D eigenvalue weighted by molar-refractivity contribution is 9.10. The molecule has 0 aliphatic carbocycles. The summed E-state index contributed by atoms with van der Waals surface area (Å²) in [4.78, 5) is 28.6. The van der Waals surface area contributed by atoms with E-state index in [4.69, 9.17) is 11.6 Å². The van der Waals surface area contributed by atoms with Gasteiger partial charge in [0, 0.05) is 35.2 Å². The Kier molecular flexibility index (Phi) is 6.42. The van der Waals surface area contributed by atoms with Gasteiger partial charge in [0.2, 0.25) is 0 Å². The molecule has 138 valence electrons. The third-order valence-corrected chi connectivity index (χ3v) is 4.26. The molecule has 1 heterocycles. The maximum Gasteiger partial charge on any atom is 0.270 e. The van der Waals surface area contributed by atoms with Crippen molar-refractivity contribution < 1.29 is 14.7 Å². The second-order valence-electron chi connectivity index (χ2n) is 7.04. The van der Waals surface area contributed by atoms with Crippen LogP contribution in [-0.4, -0.2) is 27.3 Å². The molecule has 5 nitrogen and oxygen atoms in total. The number of benzene rings is 1. The molecule has 0 bridgehead atoms. The number of carbonyl (C=O) groups excluding carboxylic acids is 2. The van der Waals surface area contributed by atoms with Gasteiger partial charge in [0.25, 0.3) is 5.91 Å². The molecular weight excluding hydrogens is 420 g/mol. The number of amides is 1. The number of aromatic nitrogens is 1. The van der Waals surface area contributed by atoms with Crippen molar-refractivity contribution in [2.75, 3.05) is 0 Å².